The number of phenols is 1. The van der Waals surface area contributed by atoms with Crippen molar-refractivity contribution in [3.63, 3.8) is 0 Å². The van der Waals surface area contributed by atoms with Crippen molar-refractivity contribution in [2.75, 3.05) is 24.4 Å². The van der Waals surface area contributed by atoms with Gasteiger partial charge < -0.3 is 20.5 Å². The number of nitrogens with one attached hydrogen (secondary N) is 2. The molecule has 2 aromatic rings. The summed E-state index contributed by atoms with van der Waals surface area (Å²) in [7, 11) is 1.66. The molecule has 0 radical (unpaired) electrons. The maximum Gasteiger partial charge on any atom is 0.221 e. The SMILES string of the molecule is COC[C@@H](C)Nc1nc(-c2ccc(O)c(NC(C)=O)c2)cs1. The van der Waals surface area contributed by atoms with Crippen molar-refractivity contribution in [1.29, 1.82) is 0 Å². The van der Waals surface area contributed by atoms with Gasteiger partial charge in [0.05, 0.1) is 18.0 Å². The highest BCUT2D eigenvalue weighted by atomic mass is 32.1. The van der Waals surface area contributed by atoms with Crippen molar-refractivity contribution in [1.82, 2.24) is 4.98 Å². The Morgan fingerprint density at radius 1 is 1.50 bits per heavy atom. The summed E-state index contributed by atoms with van der Waals surface area (Å²) in [4.78, 5) is 15.7. The van der Waals surface area contributed by atoms with Crippen LogP contribution in [0.2, 0.25) is 0 Å². The van der Waals surface area contributed by atoms with E-state index < -0.39 is 0 Å². The van der Waals surface area contributed by atoms with Crippen molar-refractivity contribution in [3.8, 4) is 17.0 Å². The molecule has 1 aromatic carbocycles. The average Bonchev–Trinajstić information content (AvgIpc) is 2.89. The Bertz CT molecular complexity index is 657. The second-order valence-electron chi connectivity index (χ2n) is 4.95. The molecule has 1 atom stereocenters. The zero-order valence-corrected chi connectivity index (χ0v) is 13.5. The van der Waals surface area contributed by atoms with Crippen LogP contribution >= 0.6 is 11.3 Å². The van der Waals surface area contributed by atoms with Gasteiger partial charge in [-0.1, -0.05) is 0 Å². The number of carbonyl (C=O) groups is 1. The maximum absolute atomic E-state index is 11.1. The first kappa shape index (κ1) is 16.3. The van der Waals surface area contributed by atoms with E-state index in [2.05, 4.69) is 15.6 Å². The number of hydrogen-bond acceptors (Lipinski definition) is 6. The lowest BCUT2D eigenvalue weighted by Gasteiger charge is -2.10. The summed E-state index contributed by atoms with van der Waals surface area (Å²) in [6.07, 6.45) is 0. The predicted molar refractivity (Wildman–Crippen MR) is 88.5 cm³/mol. The molecule has 1 amide bonds. The number of amides is 1. The number of nitrogens with zero attached hydrogens (tertiary/aromatic N) is 1. The normalized spacial score (nSPS) is 12.0. The number of rotatable bonds is 6. The number of thiazole rings is 1. The van der Waals surface area contributed by atoms with Gasteiger partial charge in [-0.15, -0.1) is 11.3 Å². The molecule has 1 heterocycles. The van der Waals surface area contributed by atoms with Crippen molar-refractivity contribution in [2.24, 2.45) is 0 Å². The molecule has 3 N–H and O–H groups in total. The van der Waals surface area contributed by atoms with Gasteiger partial charge in [-0.05, 0) is 25.1 Å². The Morgan fingerprint density at radius 3 is 2.95 bits per heavy atom. The Kier molecular flexibility index (Phi) is 5.35. The summed E-state index contributed by atoms with van der Waals surface area (Å²) >= 11 is 1.49. The highest BCUT2D eigenvalue weighted by molar-refractivity contribution is 7.14. The van der Waals surface area contributed by atoms with Crippen LogP contribution in [0.15, 0.2) is 23.6 Å². The number of benzene rings is 1. The third kappa shape index (κ3) is 4.19. The van der Waals surface area contributed by atoms with Gasteiger partial charge >= 0.3 is 0 Å². The topological polar surface area (TPSA) is 83.5 Å². The largest absolute Gasteiger partial charge is 0.506 e. The standard InChI is InChI=1S/C15H19N3O3S/c1-9(7-21-3)16-15-18-13(8-22-15)11-4-5-14(20)12(6-11)17-10(2)19/h4-6,8-9,20H,7H2,1-3H3,(H,16,18)(H,17,19)/t9-/m1/s1. The van der Waals surface area contributed by atoms with Gasteiger partial charge in [0.2, 0.25) is 5.91 Å². The molecular weight excluding hydrogens is 302 g/mol. The van der Waals surface area contributed by atoms with E-state index in [4.69, 9.17) is 4.74 Å². The van der Waals surface area contributed by atoms with E-state index in [9.17, 15) is 9.90 Å². The minimum Gasteiger partial charge on any atom is -0.506 e. The molecule has 0 spiro atoms. The van der Waals surface area contributed by atoms with Gasteiger partial charge in [-0.2, -0.15) is 0 Å². The zero-order chi connectivity index (χ0) is 16.1. The molecule has 0 aliphatic rings. The van der Waals surface area contributed by atoms with E-state index in [1.54, 1.807) is 25.3 Å². The van der Waals surface area contributed by atoms with Gasteiger partial charge in [0.25, 0.3) is 0 Å². The van der Waals surface area contributed by atoms with Crippen molar-refractivity contribution < 1.29 is 14.6 Å². The van der Waals surface area contributed by atoms with Crippen LogP contribution in [0.1, 0.15) is 13.8 Å². The highest BCUT2D eigenvalue weighted by Crippen LogP contribution is 2.31. The molecule has 0 bridgehead atoms. The van der Waals surface area contributed by atoms with Crippen molar-refractivity contribution in [3.05, 3.63) is 23.6 Å². The van der Waals surface area contributed by atoms with E-state index in [0.29, 0.717) is 12.3 Å². The average molecular weight is 321 g/mol. The molecule has 1 aromatic heterocycles. The summed E-state index contributed by atoms with van der Waals surface area (Å²) in [6, 6.07) is 5.17. The number of carbonyl (C=O) groups excluding carboxylic acids is 1. The zero-order valence-electron chi connectivity index (χ0n) is 12.7. The first-order valence-corrected chi connectivity index (χ1v) is 7.69. The van der Waals surface area contributed by atoms with Gasteiger partial charge in [-0.3, -0.25) is 4.79 Å². The highest BCUT2D eigenvalue weighted by Gasteiger charge is 2.10. The van der Waals surface area contributed by atoms with E-state index in [1.165, 1.54) is 18.3 Å². The van der Waals surface area contributed by atoms with E-state index in [1.807, 2.05) is 12.3 Å². The minimum absolute atomic E-state index is 0.0289. The summed E-state index contributed by atoms with van der Waals surface area (Å²) in [5, 5.41) is 18.3. The number of aromatic hydroxyl groups is 1. The van der Waals surface area contributed by atoms with Crippen molar-refractivity contribution >= 4 is 28.1 Å². The van der Waals surface area contributed by atoms with Gasteiger partial charge in [0.15, 0.2) is 5.13 Å². The molecular formula is C15H19N3O3S. The minimum atomic E-state index is -0.235. The Hall–Kier alpha value is -2.12. The van der Waals surface area contributed by atoms with Crippen LogP contribution in [0.5, 0.6) is 5.75 Å². The number of anilines is 2. The molecule has 0 aliphatic carbocycles. The molecule has 0 saturated carbocycles. The molecule has 0 unspecified atom stereocenters. The molecule has 6 nitrogen and oxygen atoms in total. The van der Waals surface area contributed by atoms with Gasteiger partial charge in [0, 0.05) is 31.0 Å². The van der Waals surface area contributed by atoms with Crippen LogP contribution in [0, 0.1) is 0 Å². The summed E-state index contributed by atoms with van der Waals surface area (Å²) in [5.74, 6) is -0.206. The summed E-state index contributed by atoms with van der Waals surface area (Å²) in [6.45, 7) is 4.01. The first-order valence-electron chi connectivity index (χ1n) is 6.81. The molecule has 0 fully saturated rings. The van der Waals surface area contributed by atoms with E-state index in [-0.39, 0.29) is 17.7 Å². The van der Waals surface area contributed by atoms with Crippen LogP contribution in [0.4, 0.5) is 10.8 Å². The number of hydrogen-bond donors (Lipinski definition) is 3. The third-order valence-corrected chi connectivity index (χ3v) is 3.67. The molecule has 2 rings (SSSR count). The maximum atomic E-state index is 11.1. The molecule has 118 valence electrons. The molecule has 0 aliphatic heterocycles. The summed E-state index contributed by atoms with van der Waals surface area (Å²) in [5.41, 5.74) is 1.98. The molecule has 22 heavy (non-hydrogen) atoms. The Balaban J connectivity index is 2.18. The van der Waals surface area contributed by atoms with Crippen LogP contribution in [0.25, 0.3) is 11.3 Å². The fourth-order valence-electron chi connectivity index (χ4n) is 1.96. The van der Waals surface area contributed by atoms with Gasteiger partial charge in [0.1, 0.15) is 5.75 Å². The fourth-order valence-corrected chi connectivity index (χ4v) is 2.79. The first-order chi connectivity index (χ1) is 10.5. The molecule has 0 saturated heterocycles. The second kappa shape index (κ2) is 7.24. The number of ether oxygens (including phenoxy) is 1. The van der Waals surface area contributed by atoms with Crippen LogP contribution < -0.4 is 10.6 Å². The number of phenolic OH excluding ortho intramolecular Hbond substituents is 1. The third-order valence-electron chi connectivity index (χ3n) is 2.89. The smallest absolute Gasteiger partial charge is 0.221 e. The predicted octanol–water partition coefficient (Wildman–Crippen LogP) is 2.92. The Morgan fingerprint density at radius 2 is 2.27 bits per heavy atom. The van der Waals surface area contributed by atoms with E-state index in [0.717, 1.165) is 16.4 Å². The van der Waals surface area contributed by atoms with Crippen LogP contribution in [-0.2, 0) is 9.53 Å². The second-order valence-corrected chi connectivity index (χ2v) is 5.81. The number of aromatic nitrogens is 1. The van der Waals surface area contributed by atoms with E-state index >= 15 is 0 Å². The lowest BCUT2D eigenvalue weighted by atomic mass is 10.1. The quantitative estimate of drug-likeness (QED) is 0.713. The lowest BCUT2D eigenvalue weighted by molar-refractivity contribution is -0.114. The Labute approximate surface area is 133 Å². The van der Waals surface area contributed by atoms with Gasteiger partial charge in [-0.25, -0.2) is 4.98 Å². The van der Waals surface area contributed by atoms with Crippen LogP contribution in [0.3, 0.4) is 0 Å². The lowest BCUT2D eigenvalue weighted by Crippen LogP contribution is -2.20. The fraction of sp³-hybridized carbons (Fsp3) is 0.333. The van der Waals surface area contributed by atoms with Crippen molar-refractivity contribution in [2.45, 2.75) is 19.9 Å². The monoisotopic (exact) mass is 321 g/mol. The number of methoxy groups -OCH3 is 1. The summed E-state index contributed by atoms with van der Waals surface area (Å²) < 4.78 is 5.08. The van der Waals surface area contributed by atoms with Crippen LogP contribution in [-0.4, -0.2) is 35.8 Å². The molecule has 7 heteroatoms.